The number of hydrogen-bond donors (Lipinski definition) is 7. The number of benzene rings is 1. The van der Waals surface area contributed by atoms with Gasteiger partial charge in [0.15, 0.2) is 5.96 Å². The lowest BCUT2D eigenvalue weighted by Gasteiger charge is -2.26. The smallest absolute Gasteiger partial charge is 0.465 e. The largest absolute Gasteiger partial charge is 0.466 e. The number of anilines is 1. The summed E-state index contributed by atoms with van der Waals surface area (Å²) in [7, 11) is -4.64. The number of nitrogens with one attached hydrogen (secondary N) is 3. The van der Waals surface area contributed by atoms with Gasteiger partial charge in [-0.3, -0.25) is 10.7 Å². The fourth-order valence-corrected chi connectivity index (χ4v) is 2.66. The summed E-state index contributed by atoms with van der Waals surface area (Å²) in [5.41, 5.74) is 1.16. The summed E-state index contributed by atoms with van der Waals surface area (Å²) >= 11 is 0. The van der Waals surface area contributed by atoms with E-state index in [0.29, 0.717) is 48.9 Å². The Labute approximate surface area is 181 Å². The van der Waals surface area contributed by atoms with E-state index in [9.17, 15) is 9.18 Å². The second-order valence-corrected chi connectivity index (χ2v) is 7.35. The molecule has 174 valence electrons. The van der Waals surface area contributed by atoms with Crippen molar-refractivity contribution in [2.75, 3.05) is 31.2 Å². The average Bonchev–Trinajstić information content (AvgIpc) is 2.72. The van der Waals surface area contributed by atoms with Crippen LogP contribution in [-0.4, -0.2) is 68.1 Å². The summed E-state index contributed by atoms with van der Waals surface area (Å²) < 4.78 is 29.0. The van der Waals surface area contributed by atoms with Gasteiger partial charge in [0.25, 0.3) is 0 Å². The maximum atomic E-state index is 14.8. The highest BCUT2D eigenvalue weighted by Crippen LogP contribution is 2.26. The standard InChI is InChI=1S/C17H19FN6O3.H3O4P/c18-14-11(8-20-15(19)23-17(25)26)2-1-3-13(14)12-9-21-16(22-10-12)24-4-6-27-7-5-24;1-5(2,3)4/h1-3,9-10H,4-8H2,(H,25,26)(H3,19,20,23);(H3,1,2,3,4). The number of ether oxygens (including phenoxy) is 1. The molecular formula is C17H22FN6O7P. The number of amides is 1. The first-order valence-corrected chi connectivity index (χ1v) is 10.6. The van der Waals surface area contributed by atoms with Gasteiger partial charge in [-0.25, -0.2) is 23.7 Å². The first-order chi connectivity index (χ1) is 15.0. The molecule has 1 amide bonds. The van der Waals surface area contributed by atoms with Crippen molar-refractivity contribution in [3.05, 3.63) is 42.0 Å². The summed E-state index contributed by atoms with van der Waals surface area (Å²) in [4.78, 5) is 42.7. The van der Waals surface area contributed by atoms with Crippen molar-refractivity contribution >= 4 is 25.8 Å². The Hall–Kier alpha value is -3.16. The molecule has 3 rings (SSSR count). The van der Waals surface area contributed by atoms with E-state index in [2.05, 4.69) is 15.3 Å². The number of nitrogens with zero attached hydrogens (tertiary/aromatic N) is 3. The molecule has 1 fully saturated rings. The molecule has 0 unspecified atom stereocenters. The molecule has 1 aliphatic rings. The summed E-state index contributed by atoms with van der Waals surface area (Å²) in [5, 5.41) is 20.3. The third-order valence-electron chi connectivity index (χ3n) is 4.01. The molecule has 13 nitrogen and oxygen atoms in total. The number of hydrogen-bond acceptors (Lipinski definition) is 7. The van der Waals surface area contributed by atoms with Crippen molar-refractivity contribution in [2.24, 2.45) is 0 Å². The molecule has 0 bridgehead atoms. The molecule has 2 aromatic rings. The van der Waals surface area contributed by atoms with Crippen molar-refractivity contribution in [2.45, 2.75) is 6.54 Å². The average molecular weight is 472 g/mol. The molecular weight excluding hydrogens is 450 g/mol. The molecule has 0 atom stereocenters. The molecule has 1 aliphatic heterocycles. The van der Waals surface area contributed by atoms with Gasteiger partial charge in [-0.05, 0) is 0 Å². The quantitative estimate of drug-likeness (QED) is 0.185. The van der Waals surface area contributed by atoms with E-state index in [4.69, 9.17) is 34.5 Å². The maximum Gasteiger partial charge on any atom is 0.466 e. The molecule has 2 heterocycles. The van der Waals surface area contributed by atoms with Crippen molar-refractivity contribution in [1.29, 1.82) is 5.41 Å². The Morgan fingerprint density at radius 3 is 2.38 bits per heavy atom. The summed E-state index contributed by atoms with van der Waals surface area (Å²) in [6.07, 6.45) is 1.78. The lowest BCUT2D eigenvalue weighted by atomic mass is 10.0. The Bertz CT molecular complexity index is 974. The molecule has 0 aliphatic carbocycles. The summed E-state index contributed by atoms with van der Waals surface area (Å²) in [6.45, 7) is 2.64. The van der Waals surface area contributed by atoms with Gasteiger partial charge in [-0.15, -0.1) is 0 Å². The molecule has 1 aromatic heterocycles. The molecule has 7 N–H and O–H groups in total. The number of carbonyl (C=O) groups is 1. The third kappa shape index (κ3) is 8.53. The molecule has 15 heteroatoms. The minimum absolute atomic E-state index is 0.0362. The van der Waals surface area contributed by atoms with Crippen LogP contribution in [0.4, 0.5) is 15.1 Å². The van der Waals surface area contributed by atoms with Crippen molar-refractivity contribution < 1.29 is 38.3 Å². The minimum Gasteiger partial charge on any atom is -0.465 e. The SMILES string of the molecule is N=C(NCc1cccc(-c2cnc(N3CCOCC3)nc2)c1F)NC(=O)O.O=P(O)(O)O. The van der Waals surface area contributed by atoms with Gasteiger partial charge >= 0.3 is 13.9 Å². The molecule has 0 radical (unpaired) electrons. The number of aromatic nitrogens is 2. The third-order valence-corrected chi connectivity index (χ3v) is 4.01. The monoisotopic (exact) mass is 472 g/mol. The minimum atomic E-state index is -4.64. The van der Waals surface area contributed by atoms with Gasteiger partial charge in [0.05, 0.1) is 13.2 Å². The summed E-state index contributed by atoms with van der Waals surface area (Å²) in [5.74, 6) is -0.324. The van der Waals surface area contributed by atoms with E-state index in [1.54, 1.807) is 30.6 Å². The van der Waals surface area contributed by atoms with E-state index in [1.165, 1.54) is 0 Å². The van der Waals surface area contributed by atoms with Gasteiger partial charge in [-0.2, -0.15) is 0 Å². The number of halogens is 1. The second-order valence-electron chi connectivity index (χ2n) is 6.32. The highest BCUT2D eigenvalue weighted by molar-refractivity contribution is 7.45. The van der Waals surface area contributed by atoms with E-state index < -0.39 is 25.7 Å². The van der Waals surface area contributed by atoms with Crippen LogP contribution in [0.15, 0.2) is 30.6 Å². The molecule has 1 saturated heterocycles. The number of phosphoric acid groups is 1. The zero-order valence-electron chi connectivity index (χ0n) is 16.6. The fraction of sp³-hybridized carbons (Fsp3) is 0.294. The maximum absolute atomic E-state index is 14.8. The van der Waals surface area contributed by atoms with Crippen LogP contribution in [0.1, 0.15) is 5.56 Å². The van der Waals surface area contributed by atoms with Gasteiger partial charge in [0.1, 0.15) is 5.82 Å². The Morgan fingerprint density at radius 1 is 1.22 bits per heavy atom. The topological polar surface area (TPSA) is 201 Å². The van der Waals surface area contributed by atoms with E-state index in [1.807, 2.05) is 10.2 Å². The van der Waals surface area contributed by atoms with Crippen LogP contribution in [0.5, 0.6) is 0 Å². The van der Waals surface area contributed by atoms with Crippen molar-refractivity contribution in [3.63, 3.8) is 0 Å². The van der Waals surface area contributed by atoms with Crippen molar-refractivity contribution in [1.82, 2.24) is 20.6 Å². The van der Waals surface area contributed by atoms with Gasteiger partial charge < -0.3 is 34.7 Å². The molecule has 1 aromatic carbocycles. The number of carboxylic acid groups (broad SMARTS) is 1. The number of guanidine groups is 1. The van der Waals surface area contributed by atoms with Crippen LogP contribution < -0.4 is 15.5 Å². The van der Waals surface area contributed by atoms with E-state index in [-0.39, 0.29) is 6.54 Å². The van der Waals surface area contributed by atoms with Gasteiger partial charge in [-0.1, -0.05) is 18.2 Å². The van der Waals surface area contributed by atoms with Crippen LogP contribution in [-0.2, 0) is 15.8 Å². The molecule has 0 spiro atoms. The van der Waals surface area contributed by atoms with Gasteiger partial charge in [0, 0.05) is 48.7 Å². The Morgan fingerprint density at radius 2 is 1.81 bits per heavy atom. The number of rotatable bonds is 4. The first kappa shape index (κ1) is 25.1. The highest BCUT2D eigenvalue weighted by atomic mass is 31.2. The van der Waals surface area contributed by atoms with Crippen molar-refractivity contribution in [3.8, 4) is 11.1 Å². The van der Waals surface area contributed by atoms with Crippen LogP contribution in [0, 0.1) is 11.2 Å². The highest BCUT2D eigenvalue weighted by Gasteiger charge is 2.15. The van der Waals surface area contributed by atoms with E-state index in [0.717, 1.165) is 0 Å². The Balaban J connectivity index is 0.000000654. The zero-order chi connectivity index (χ0) is 23.7. The van der Waals surface area contributed by atoms with E-state index >= 15 is 0 Å². The second kappa shape index (κ2) is 11.5. The predicted molar refractivity (Wildman–Crippen MR) is 110 cm³/mol. The van der Waals surface area contributed by atoms with Crippen LogP contribution in [0.25, 0.3) is 11.1 Å². The predicted octanol–water partition coefficient (Wildman–Crippen LogP) is 0.483. The van der Waals surface area contributed by atoms with Crippen LogP contribution in [0.3, 0.4) is 0 Å². The lowest BCUT2D eigenvalue weighted by molar-refractivity contribution is 0.122. The fourth-order valence-electron chi connectivity index (χ4n) is 2.66. The lowest BCUT2D eigenvalue weighted by Crippen LogP contribution is -2.39. The molecule has 0 saturated carbocycles. The normalized spacial score (nSPS) is 13.6. The Kier molecular flexibility index (Phi) is 8.99. The van der Waals surface area contributed by atoms with Crippen LogP contribution in [0.2, 0.25) is 0 Å². The number of morpholine rings is 1. The first-order valence-electron chi connectivity index (χ1n) is 9.07. The zero-order valence-corrected chi connectivity index (χ0v) is 17.5. The van der Waals surface area contributed by atoms with Crippen LogP contribution >= 0.6 is 7.82 Å². The van der Waals surface area contributed by atoms with Gasteiger partial charge in [0.2, 0.25) is 5.95 Å². The summed E-state index contributed by atoms with van der Waals surface area (Å²) in [6, 6.07) is 4.86. The molecule has 32 heavy (non-hydrogen) atoms.